The van der Waals surface area contributed by atoms with Crippen LogP contribution in [-0.2, 0) is 4.79 Å². The summed E-state index contributed by atoms with van der Waals surface area (Å²) in [7, 11) is 0. The smallest absolute Gasteiger partial charge is 0.143 e. The van der Waals surface area contributed by atoms with Gasteiger partial charge in [0.15, 0.2) is 0 Å². The van der Waals surface area contributed by atoms with Crippen LogP contribution < -0.4 is 0 Å². The Balaban J connectivity index is 4.11. The van der Waals surface area contributed by atoms with Gasteiger partial charge in [-0.15, -0.1) is 0 Å². The van der Waals surface area contributed by atoms with E-state index >= 15 is 0 Å². The third-order valence-corrected chi connectivity index (χ3v) is 1.68. The van der Waals surface area contributed by atoms with Gasteiger partial charge in [0.05, 0.1) is 0 Å². The summed E-state index contributed by atoms with van der Waals surface area (Å²) in [5, 5.41) is 0. The summed E-state index contributed by atoms with van der Waals surface area (Å²) in [4.78, 5) is 15.6. The van der Waals surface area contributed by atoms with E-state index in [1.807, 2.05) is 34.6 Å². The van der Waals surface area contributed by atoms with E-state index < -0.39 is 0 Å². The van der Waals surface area contributed by atoms with Gasteiger partial charge in [-0.25, -0.2) is 0 Å². The zero-order valence-electron chi connectivity index (χ0n) is 8.77. The van der Waals surface area contributed by atoms with Crippen molar-refractivity contribution in [1.29, 1.82) is 0 Å². The number of ketones is 1. The van der Waals surface area contributed by atoms with Crippen molar-refractivity contribution < 1.29 is 4.79 Å². The molecule has 2 heteroatoms. The van der Waals surface area contributed by atoms with Gasteiger partial charge in [-0.1, -0.05) is 20.8 Å². The molecule has 0 aromatic carbocycles. The molecule has 0 N–H and O–H groups in total. The Morgan fingerprint density at radius 3 is 2.17 bits per heavy atom. The number of aliphatic imine (C=N–C) groups is 1. The first kappa shape index (κ1) is 11.3. The molecule has 0 radical (unpaired) electrons. The maximum absolute atomic E-state index is 11.5. The Morgan fingerprint density at radius 1 is 1.33 bits per heavy atom. The lowest BCUT2D eigenvalue weighted by molar-refractivity contribution is -0.125. The van der Waals surface area contributed by atoms with Gasteiger partial charge in [-0.2, -0.15) is 0 Å². The Morgan fingerprint density at radius 2 is 1.83 bits per heavy atom. The van der Waals surface area contributed by atoms with Crippen molar-refractivity contribution in [3.63, 3.8) is 0 Å². The van der Waals surface area contributed by atoms with Crippen molar-refractivity contribution in [3.05, 3.63) is 0 Å². The van der Waals surface area contributed by atoms with Crippen LogP contribution in [0.1, 0.15) is 41.0 Å². The van der Waals surface area contributed by atoms with Gasteiger partial charge in [0.2, 0.25) is 0 Å². The summed E-state index contributed by atoms with van der Waals surface area (Å²) >= 11 is 0. The van der Waals surface area contributed by atoms with Crippen molar-refractivity contribution in [2.45, 2.75) is 41.0 Å². The van der Waals surface area contributed by atoms with Crippen molar-refractivity contribution in [3.8, 4) is 0 Å². The minimum Gasteiger partial charge on any atom is -0.299 e. The first-order valence-electron chi connectivity index (χ1n) is 4.41. The topological polar surface area (TPSA) is 29.4 Å². The fourth-order valence-electron chi connectivity index (χ4n) is 0.823. The molecule has 0 atom stereocenters. The van der Waals surface area contributed by atoms with Crippen LogP contribution in [0.2, 0.25) is 0 Å². The predicted molar refractivity (Wildman–Crippen MR) is 52.7 cm³/mol. The van der Waals surface area contributed by atoms with E-state index in [0.717, 1.165) is 12.3 Å². The largest absolute Gasteiger partial charge is 0.299 e. The lowest BCUT2D eigenvalue weighted by Gasteiger charge is -2.15. The number of hydrogen-bond acceptors (Lipinski definition) is 2. The van der Waals surface area contributed by atoms with E-state index in [1.165, 1.54) is 0 Å². The number of hydrogen-bond donors (Lipinski definition) is 0. The molecule has 0 aliphatic carbocycles. The van der Waals surface area contributed by atoms with Crippen LogP contribution in [0.25, 0.3) is 0 Å². The fraction of sp³-hybridized carbons (Fsp3) is 0.800. The van der Waals surface area contributed by atoms with Crippen LogP contribution in [0.15, 0.2) is 4.99 Å². The SMILES string of the molecule is CCN=C(C)CC(=O)C(C)(C)C. The number of carbonyl (C=O) groups is 1. The lowest BCUT2D eigenvalue weighted by Crippen LogP contribution is -2.22. The van der Waals surface area contributed by atoms with E-state index in [4.69, 9.17) is 0 Å². The second-order valence-electron chi connectivity index (χ2n) is 4.06. The second kappa shape index (κ2) is 4.39. The summed E-state index contributed by atoms with van der Waals surface area (Å²) < 4.78 is 0. The normalized spacial score (nSPS) is 13.2. The lowest BCUT2D eigenvalue weighted by atomic mass is 9.88. The molecule has 0 aromatic heterocycles. The fourth-order valence-corrected chi connectivity index (χ4v) is 0.823. The molecule has 0 aliphatic heterocycles. The van der Waals surface area contributed by atoms with Gasteiger partial charge in [0.1, 0.15) is 5.78 Å². The van der Waals surface area contributed by atoms with E-state index in [2.05, 4.69) is 4.99 Å². The molecule has 0 unspecified atom stereocenters. The van der Waals surface area contributed by atoms with E-state index in [1.54, 1.807) is 0 Å². The van der Waals surface area contributed by atoms with Crippen molar-refractivity contribution in [2.75, 3.05) is 6.54 Å². The highest BCUT2D eigenvalue weighted by atomic mass is 16.1. The number of rotatable bonds is 3. The summed E-state index contributed by atoms with van der Waals surface area (Å²) in [5.41, 5.74) is 0.710. The molecule has 2 nitrogen and oxygen atoms in total. The molecule has 0 aliphatic rings. The van der Waals surface area contributed by atoms with Crippen LogP contribution in [0.5, 0.6) is 0 Å². The minimum absolute atomic E-state index is 0.232. The highest BCUT2D eigenvalue weighted by molar-refractivity contribution is 6.02. The quantitative estimate of drug-likeness (QED) is 0.597. The van der Waals surface area contributed by atoms with E-state index in [9.17, 15) is 4.79 Å². The molecule has 0 amide bonds. The maximum atomic E-state index is 11.5. The second-order valence-corrected chi connectivity index (χ2v) is 4.06. The Kier molecular flexibility index (Phi) is 4.15. The number of carbonyl (C=O) groups excluding carboxylic acids is 1. The number of nitrogens with zero attached hydrogens (tertiary/aromatic N) is 1. The average molecular weight is 169 g/mol. The Bertz CT molecular complexity index is 187. The molecule has 0 spiro atoms. The maximum Gasteiger partial charge on any atom is 0.143 e. The van der Waals surface area contributed by atoms with Crippen molar-refractivity contribution in [1.82, 2.24) is 0 Å². The first-order chi connectivity index (χ1) is 5.38. The zero-order valence-corrected chi connectivity index (χ0v) is 8.77. The highest BCUT2D eigenvalue weighted by Gasteiger charge is 2.20. The highest BCUT2D eigenvalue weighted by Crippen LogP contribution is 2.16. The van der Waals surface area contributed by atoms with Gasteiger partial charge in [-0.3, -0.25) is 9.79 Å². The van der Waals surface area contributed by atoms with Crippen molar-refractivity contribution >= 4 is 11.5 Å². The van der Waals surface area contributed by atoms with Crippen LogP contribution in [-0.4, -0.2) is 18.0 Å². The van der Waals surface area contributed by atoms with Gasteiger partial charge in [-0.05, 0) is 13.8 Å². The molecule has 0 saturated carbocycles. The molecule has 0 fully saturated rings. The average Bonchev–Trinajstić information content (AvgIpc) is 1.85. The molecular formula is C10H19NO. The van der Waals surface area contributed by atoms with Crippen LogP contribution >= 0.6 is 0 Å². The van der Waals surface area contributed by atoms with Gasteiger partial charge < -0.3 is 0 Å². The molecule has 70 valence electrons. The van der Waals surface area contributed by atoms with E-state index in [-0.39, 0.29) is 11.2 Å². The summed E-state index contributed by atoms with van der Waals surface area (Å²) in [6.45, 7) is 10.5. The Labute approximate surface area is 75.1 Å². The van der Waals surface area contributed by atoms with Gasteiger partial charge >= 0.3 is 0 Å². The van der Waals surface area contributed by atoms with Crippen LogP contribution in [0, 0.1) is 5.41 Å². The molecule has 0 aromatic rings. The molecule has 0 saturated heterocycles. The molecule has 0 heterocycles. The number of Topliss-reactive ketones (excluding diaryl/α,β-unsaturated/α-hetero) is 1. The van der Waals surface area contributed by atoms with Crippen molar-refractivity contribution in [2.24, 2.45) is 10.4 Å². The van der Waals surface area contributed by atoms with Crippen LogP contribution in [0.3, 0.4) is 0 Å². The molecule has 0 bridgehead atoms. The third-order valence-electron chi connectivity index (χ3n) is 1.68. The standard InChI is InChI=1S/C10H19NO/c1-6-11-8(2)7-9(12)10(3,4)5/h6-7H2,1-5H3. The van der Waals surface area contributed by atoms with Crippen LogP contribution in [0.4, 0.5) is 0 Å². The van der Waals surface area contributed by atoms with Gasteiger partial charge in [0, 0.05) is 24.1 Å². The van der Waals surface area contributed by atoms with Gasteiger partial charge in [0.25, 0.3) is 0 Å². The predicted octanol–water partition coefficient (Wildman–Crippen LogP) is 2.47. The third kappa shape index (κ3) is 4.27. The Hall–Kier alpha value is -0.660. The first-order valence-corrected chi connectivity index (χ1v) is 4.41. The van der Waals surface area contributed by atoms with E-state index in [0.29, 0.717) is 6.42 Å². The minimum atomic E-state index is -0.232. The molecule has 12 heavy (non-hydrogen) atoms. The molecular weight excluding hydrogens is 150 g/mol. The monoisotopic (exact) mass is 169 g/mol. The molecule has 0 rings (SSSR count). The summed E-state index contributed by atoms with van der Waals surface area (Å²) in [6, 6.07) is 0. The zero-order chi connectivity index (χ0) is 9.78. The summed E-state index contributed by atoms with van der Waals surface area (Å²) in [6.07, 6.45) is 0.497. The summed E-state index contributed by atoms with van der Waals surface area (Å²) in [5.74, 6) is 0.261.